The summed E-state index contributed by atoms with van der Waals surface area (Å²) in [4.78, 5) is 11.6. The highest BCUT2D eigenvalue weighted by molar-refractivity contribution is 5.26. The molecule has 0 aliphatic carbocycles. The number of hydrogen-bond donors (Lipinski definition) is 1. The molecular formula is C14H12F4N2O. The fourth-order valence-corrected chi connectivity index (χ4v) is 1.92. The van der Waals surface area contributed by atoms with Gasteiger partial charge in [0.1, 0.15) is 5.82 Å². The van der Waals surface area contributed by atoms with Crippen molar-refractivity contribution >= 4 is 0 Å². The fourth-order valence-electron chi connectivity index (χ4n) is 1.92. The van der Waals surface area contributed by atoms with Crippen LogP contribution in [0.4, 0.5) is 17.6 Å². The minimum absolute atomic E-state index is 0.0306. The lowest BCUT2D eigenvalue weighted by Crippen LogP contribution is -2.22. The van der Waals surface area contributed by atoms with Gasteiger partial charge in [0, 0.05) is 29.9 Å². The molecule has 1 aromatic heterocycles. The summed E-state index contributed by atoms with van der Waals surface area (Å²) in [5.41, 5.74) is 4.12. The first-order valence-corrected chi connectivity index (χ1v) is 6.07. The van der Waals surface area contributed by atoms with Crippen LogP contribution in [0.25, 0.3) is 0 Å². The lowest BCUT2D eigenvalue weighted by molar-refractivity contribution is -0.138. The number of nitrogens with two attached hydrogens (primary N) is 1. The standard InChI is InChI=1S/C14H12F4N2O/c15-13-9(6-19)2-1-3-10(13)7-20-8-11(14(16,17)18)4-5-12(20)21/h1-5,8H,6-7,19H2. The summed E-state index contributed by atoms with van der Waals surface area (Å²) >= 11 is 0. The third-order valence-electron chi connectivity index (χ3n) is 3.03. The van der Waals surface area contributed by atoms with Crippen molar-refractivity contribution < 1.29 is 17.6 Å². The Balaban J connectivity index is 2.43. The van der Waals surface area contributed by atoms with Gasteiger partial charge in [-0.25, -0.2) is 4.39 Å². The van der Waals surface area contributed by atoms with E-state index in [0.29, 0.717) is 12.3 Å². The van der Waals surface area contributed by atoms with E-state index in [1.165, 1.54) is 12.1 Å². The first-order valence-electron chi connectivity index (χ1n) is 6.07. The topological polar surface area (TPSA) is 48.0 Å². The third-order valence-corrected chi connectivity index (χ3v) is 3.03. The van der Waals surface area contributed by atoms with Crippen LogP contribution in [0.15, 0.2) is 41.3 Å². The van der Waals surface area contributed by atoms with Gasteiger partial charge in [0.2, 0.25) is 0 Å². The summed E-state index contributed by atoms with van der Waals surface area (Å²) in [6, 6.07) is 5.94. The lowest BCUT2D eigenvalue weighted by Gasteiger charge is -2.12. The molecule has 0 aliphatic rings. The van der Waals surface area contributed by atoms with E-state index in [1.54, 1.807) is 6.07 Å². The number of halogens is 4. The number of aromatic nitrogens is 1. The molecule has 0 unspecified atom stereocenters. The Morgan fingerprint density at radius 2 is 1.76 bits per heavy atom. The molecule has 0 atom stereocenters. The van der Waals surface area contributed by atoms with Crippen molar-refractivity contribution in [2.24, 2.45) is 5.73 Å². The van der Waals surface area contributed by atoms with Gasteiger partial charge in [0.05, 0.1) is 12.1 Å². The lowest BCUT2D eigenvalue weighted by atomic mass is 10.1. The molecule has 0 saturated heterocycles. The molecular weight excluding hydrogens is 288 g/mol. The molecule has 3 nitrogen and oxygen atoms in total. The molecule has 0 radical (unpaired) electrons. The zero-order valence-electron chi connectivity index (χ0n) is 10.8. The summed E-state index contributed by atoms with van der Waals surface area (Å²) in [5.74, 6) is -0.607. The van der Waals surface area contributed by atoms with Crippen molar-refractivity contribution in [1.82, 2.24) is 4.57 Å². The second kappa shape index (κ2) is 5.69. The smallest absolute Gasteiger partial charge is 0.326 e. The Hall–Kier alpha value is -2.15. The maximum Gasteiger partial charge on any atom is 0.417 e. The molecule has 2 aromatic rings. The quantitative estimate of drug-likeness (QED) is 0.885. The maximum absolute atomic E-state index is 14.0. The van der Waals surface area contributed by atoms with Gasteiger partial charge in [-0.15, -0.1) is 0 Å². The minimum Gasteiger partial charge on any atom is -0.326 e. The van der Waals surface area contributed by atoms with Crippen molar-refractivity contribution in [2.75, 3.05) is 0 Å². The normalized spacial score (nSPS) is 11.7. The van der Waals surface area contributed by atoms with Crippen LogP contribution in [0.3, 0.4) is 0 Å². The highest BCUT2D eigenvalue weighted by Gasteiger charge is 2.31. The Morgan fingerprint density at radius 3 is 2.38 bits per heavy atom. The molecule has 21 heavy (non-hydrogen) atoms. The van der Waals surface area contributed by atoms with Crippen LogP contribution < -0.4 is 11.3 Å². The average Bonchev–Trinajstić information content (AvgIpc) is 2.42. The first-order chi connectivity index (χ1) is 9.82. The van der Waals surface area contributed by atoms with Crippen molar-refractivity contribution in [3.05, 3.63) is 69.4 Å². The van der Waals surface area contributed by atoms with Gasteiger partial charge in [-0.1, -0.05) is 18.2 Å². The molecule has 0 bridgehead atoms. The first kappa shape index (κ1) is 15.2. The zero-order valence-corrected chi connectivity index (χ0v) is 10.8. The van der Waals surface area contributed by atoms with Crippen molar-refractivity contribution in [1.29, 1.82) is 0 Å². The third kappa shape index (κ3) is 3.30. The highest BCUT2D eigenvalue weighted by atomic mass is 19.4. The van der Waals surface area contributed by atoms with Gasteiger partial charge < -0.3 is 10.3 Å². The second-order valence-corrected chi connectivity index (χ2v) is 4.48. The fraction of sp³-hybridized carbons (Fsp3) is 0.214. The van der Waals surface area contributed by atoms with Gasteiger partial charge in [-0.05, 0) is 6.07 Å². The number of pyridine rings is 1. The van der Waals surface area contributed by atoms with Crippen LogP contribution in [0, 0.1) is 5.82 Å². The summed E-state index contributed by atoms with van der Waals surface area (Å²) < 4.78 is 52.7. The molecule has 2 N–H and O–H groups in total. The Morgan fingerprint density at radius 1 is 1.10 bits per heavy atom. The van der Waals surface area contributed by atoms with E-state index in [4.69, 9.17) is 5.73 Å². The highest BCUT2D eigenvalue weighted by Crippen LogP contribution is 2.28. The number of nitrogens with zero attached hydrogens (tertiary/aromatic N) is 1. The molecule has 112 valence electrons. The number of alkyl halides is 3. The predicted molar refractivity (Wildman–Crippen MR) is 69.1 cm³/mol. The Bertz CT molecular complexity index is 707. The van der Waals surface area contributed by atoms with Crippen LogP contribution in [-0.2, 0) is 19.3 Å². The average molecular weight is 300 g/mol. The summed E-state index contributed by atoms with van der Waals surface area (Å²) in [6.45, 7) is -0.320. The number of rotatable bonds is 3. The minimum atomic E-state index is -4.56. The molecule has 2 rings (SSSR count). The van der Waals surface area contributed by atoms with E-state index in [2.05, 4.69) is 0 Å². The van der Waals surface area contributed by atoms with Crippen LogP contribution in [-0.4, -0.2) is 4.57 Å². The monoisotopic (exact) mass is 300 g/mol. The van der Waals surface area contributed by atoms with Gasteiger partial charge in [-0.3, -0.25) is 4.79 Å². The Labute approximate surface area is 117 Å². The second-order valence-electron chi connectivity index (χ2n) is 4.48. The van der Waals surface area contributed by atoms with Crippen molar-refractivity contribution in [3.63, 3.8) is 0 Å². The molecule has 7 heteroatoms. The van der Waals surface area contributed by atoms with Crippen LogP contribution >= 0.6 is 0 Å². The molecule has 0 saturated carbocycles. The largest absolute Gasteiger partial charge is 0.417 e. The van der Waals surface area contributed by atoms with Crippen LogP contribution in [0.5, 0.6) is 0 Å². The molecule has 0 spiro atoms. The SMILES string of the molecule is NCc1cccc(Cn2cc(C(F)(F)F)ccc2=O)c1F. The molecule has 0 aliphatic heterocycles. The van der Waals surface area contributed by atoms with E-state index in [1.807, 2.05) is 0 Å². The number of hydrogen-bond acceptors (Lipinski definition) is 2. The van der Waals surface area contributed by atoms with E-state index >= 15 is 0 Å². The molecule has 1 aromatic carbocycles. The summed E-state index contributed by atoms with van der Waals surface area (Å²) in [6.07, 6.45) is -3.88. The molecule has 0 amide bonds. The van der Waals surface area contributed by atoms with Crippen molar-refractivity contribution in [3.8, 4) is 0 Å². The molecule has 1 heterocycles. The predicted octanol–water partition coefficient (Wildman–Crippen LogP) is 2.51. The van der Waals surface area contributed by atoms with Gasteiger partial charge in [-0.2, -0.15) is 13.2 Å². The van der Waals surface area contributed by atoms with E-state index < -0.39 is 23.1 Å². The van der Waals surface area contributed by atoms with E-state index in [9.17, 15) is 22.4 Å². The van der Waals surface area contributed by atoms with Crippen molar-refractivity contribution in [2.45, 2.75) is 19.3 Å². The zero-order chi connectivity index (χ0) is 15.6. The molecule has 0 fully saturated rings. The maximum atomic E-state index is 14.0. The van der Waals surface area contributed by atoms with Crippen LogP contribution in [0.2, 0.25) is 0 Å². The Kier molecular flexibility index (Phi) is 4.13. The summed E-state index contributed by atoms with van der Waals surface area (Å²) in [7, 11) is 0. The summed E-state index contributed by atoms with van der Waals surface area (Å²) in [5, 5.41) is 0. The van der Waals surface area contributed by atoms with Gasteiger partial charge >= 0.3 is 6.18 Å². The number of benzene rings is 1. The van der Waals surface area contributed by atoms with Crippen LogP contribution in [0.1, 0.15) is 16.7 Å². The van der Waals surface area contributed by atoms with E-state index in [-0.39, 0.29) is 24.2 Å². The van der Waals surface area contributed by atoms with Gasteiger partial charge in [0.15, 0.2) is 0 Å². The van der Waals surface area contributed by atoms with Gasteiger partial charge in [0.25, 0.3) is 5.56 Å². The van der Waals surface area contributed by atoms with E-state index in [0.717, 1.165) is 10.6 Å².